The molecule has 13 heteroatoms. The third-order valence-corrected chi connectivity index (χ3v) is 6.00. The van der Waals surface area contributed by atoms with E-state index in [9.17, 15) is 9.18 Å². The van der Waals surface area contributed by atoms with Crippen molar-refractivity contribution >= 4 is 46.6 Å². The normalized spacial score (nSPS) is 10.9. The molecule has 0 atom stereocenters. The predicted molar refractivity (Wildman–Crippen MR) is 121 cm³/mol. The lowest BCUT2D eigenvalue weighted by Crippen LogP contribution is -2.15. The first-order valence-electron chi connectivity index (χ1n) is 9.39. The van der Waals surface area contributed by atoms with Gasteiger partial charge in [-0.3, -0.25) is 4.79 Å². The van der Waals surface area contributed by atoms with Crippen LogP contribution in [-0.4, -0.2) is 35.6 Å². The number of hydrogen-bond acceptors (Lipinski definition) is 10. The van der Waals surface area contributed by atoms with Crippen molar-refractivity contribution in [1.82, 2.24) is 29.7 Å². The zero-order chi connectivity index (χ0) is 22.5. The fraction of sp³-hybridized carbons (Fsp3) is 0.158. The first-order chi connectivity index (χ1) is 15.5. The van der Waals surface area contributed by atoms with E-state index in [0.29, 0.717) is 34.8 Å². The standard InChI is InChI=1S/C19H18FN9OS2/c20-11-3-5-12(6-4-11)23-18-25-15(24-17(22)26-18)10-32-19-28-27-16(13-2-1-9-31-13)29(19)8-7-14(21)30/h1-6,9H,7-8,10H2,(H2,21,30)(H3,22,23,24,25,26). The van der Waals surface area contributed by atoms with Gasteiger partial charge in [0.1, 0.15) is 11.6 Å². The van der Waals surface area contributed by atoms with Crippen molar-refractivity contribution in [3.05, 3.63) is 53.4 Å². The van der Waals surface area contributed by atoms with Crippen LogP contribution in [0.2, 0.25) is 0 Å². The van der Waals surface area contributed by atoms with E-state index in [0.717, 1.165) is 4.88 Å². The van der Waals surface area contributed by atoms with Gasteiger partial charge in [-0.25, -0.2) is 4.39 Å². The van der Waals surface area contributed by atoms with E-state index in [2.05, 4.69) is 30.5 Å². The number of hydrogen-bond donors (Lipinski definition) is 3. The van der Waals surface area contributed by atoms with Crippen LogP contribution >= 0.6 is 23.1 Å². The number of carbonyl (C=O) groups excluding carboxylic acids is 1. The van der Waals surface area contributed by atoms with Crippen molar-refractivity contribution in [1.29, 1.82) is 0 Å². The molecule has 0 spiro atoms. The summed E-state index contributed by atoms with van der Waals surface area (Å²) in [4.78, 5) is 24.9. The number of aromatic nitrogens is 6. The van der Waals surface area contributed by atoms with E-state index in [4.69, 9.17) is 11.5 Å². The Kier molecular flexibility index (Phi) is 6.56. The Hall–Kier alpha value is -3.58. The molecule has 4 rings (SSSR count). The lowest BCUT2D eigenvalue weighted by Gasteiger charge is -2.09. The molecule has 164 valence electrons. The van der Waals surface area contributed by atoms with Gasteiger partial charge < -0.3 is 21.4 Å². The molecule has 4 aromatic rings. The topological polar surface area (TPSA) is 151 Å². The van der Waals surface area contributed by atoms with E-state index in [1.165, 1.54) is 35.2 Å². The summed E-state index contributed by atoms with van der Waals surface area (Å²) < 4.78 is 15.0. The first kappa shape index (κ1) is 21.6. The van der Waals surface area contributed by atoms with Crippen LogP contribution in [0.1, 0.15) is 12.2 Å². The minimum absolute atomic E-state index is 0.0506. The summed E-state index contributed by atoms with van der Waals surface area (Å²) in [6, 6.07) is 9.64. The van der Waals surface area contributed by atoms with Crippen molar-refractivity contribution in [3.8, 4) is 10.7 Å². The molecule has 0 bridgehead atoms. The number of thioether (sulfide) groups is 1. The van der Waals surface area contributed by atoms with Gasteiger partial charge in [0.15, 0.2) is 11.0 Å². The fourth-order valence-corrected chi connectivity index (χ4v) is 4.29. The van der Waals surface area contributed by atoms with E-state index >= 15 is 0 Å². The number of amides is 1. The number of benzene rings is 1. The minimum atomic E-state index is -0.409. The van der Waals surface area contributed by atoms with E-state index in [1.54, 1.807) is 12.1 Å². The molecule has 32 heavy (non-hydrogen) atoms. The molecule has 0 radical (unpaired) electrons. The fourth-order valence-electron chi connectivity index (χ4n) is 2.76. The third kappa shape index (κ3) is 5.36. The van der Waals surface area contributed by atoms with Crippen LogP contribution in [0.25, 0.3) is 10.7 Å². The van der Waals surface area contributed by atoms with E-state index < -0.39 is 5.91 Å². The summed E-state index contributed by atoms with van der Waals surface area (Å²) in [7, 11) is 0. The number of anilines is 3. The number of nitrogens with one attached hydrogen (secondary N) is 1. The van der Waals surface area contributed by atoms with Gasteiger partial charge in [0.2, 0.25) is 17.8 Å². The Morgan fingerprint density at radius 2 is 1.97 bits per heavy atom. The average molecular weight is 472 g/mol. The summed E-state index contributed by atoms with van der Waals surface area (Å²) >= 11 is 2.88. The quantitative estimate of drug-likeness (QED) is 0.313. The van der Waals surface area contributed by atoms with Crippen LogP contribution < -0.4 is 16.8 Å². The van der Waals surface area contributed by atoms with Crippen molar-refractivity contribution in [2.24, 2.45) is 5.73 Å². The average Bonchev–Trinajstić information content (AvgIpc) is 3.41. The van der Waals surface area contributed by atoms with E-state index in [-0.39, 0.29) is 24.1 Å². The lowest BCUT2D eigenvalue weighted by molar-refractivity contribution is -0.118. The van der Waals surface area contributed by atoms with Crippen LogP contribution in [-0.2, 0) is 17.1 Å². The monoisotopic (exact) mass is 471 g/mol. The maximum atomic E-state index is 13.1. The largest absolute Gasteiger partial charge is 0.370 e. The van der Waals surface area contributed by atoms with Gasteiger partial charge in [-0.2, -0.15) is 15.0 Å². The molecule has 0 aliphatic heterocycles. The molecule has 1 aromatic carbocycles. The summed E-state index contributed by atoms with van der Waals surface area (Å²) in [5, 5.41) is 14.1. The molecule has 0 aliphatic carbocycles. The third-order valence-electron chi connectivity index (χ3n) is 4.17. The SMILES string of the molecule is NC(=O)CCn1c(SCc2nc(N)nc(Nc3ccc(F)cc3)n2)nnc1-c1cccs1. The number of halogens is 1. The Balaban J connectivity index is 1.52. The molecule has 0 saturated heterocycles. The molecule has 5 N–H and O–H groups in total. The second-order valence-electron chi connectivity index (χ2n) is 6.51. The maximum Gasteiger partial charge on any atom is 0.232 e. The number of rotatable bonds is 9. The number of nitrogens with zero attached hydrogens (tertiary/aromatic N) is 6. The molecule has 1 amide bonds. The highest BCUT2D eigenvalue weighted by Crippen LogP contribution is 2.29. The molecule has 0 aliphatic rings. The molecule has 3 heterocycles. The summed E-state index contributed by atoms with van der Waals surface area (Å²) in [6.07, 6.45) is 0.161. The van der Waals surface area contributed by atoms with Crippen molar-refractivity contribution < 1.29 is 9.18 Å². The zero-order valence-corrected chi connectivity index (χ0v) is 18.2. The Bertz CT molecular complexity index is 1210. The minimum Gasteiger partial charge on any atom is -0.370 e. The predicted octanol–water partition coefficient (Wildman–Crippen LogP) is 2.82. The van der Waals surface area contributed by atoms with Crippen LogP contribution in [0, 0.1) is 5.82 Å². The smallest absolute Gasteiger partial charge is 0.232 e. The second-order valence-corrected chi connectivity index (χ2v) is 8.40. The molecular formula is C19H18FN9OS2. The highest BCUT2D eigenvalue weighted by molar-refractivity contribution is 7.98. The van der Waals surface area contributed by atoms with Gasteiger partial charge >= 0.3 is 0 Å². The first-order valence-corrected chi connectivity index (χ1v) is 11.3. The van der Waals surface area contributed by atoms with Crippen molar-refractivity contribution in [2.75, 3.05) is 11.1 Å². The van der Waals surface area contributed by atoms with Crippen molar-refractivity contribution in [3.63, 3.8) is 0 Å². The highest BCUT2D eigenvalue weighted by Gasteiger charge is 2.17. The molecule has 0 unspecified atom stereocenters. The lowest BCUT2D eigenvalue weighted by atomic mass is 10.3. The maximum absolute atomic E-state index is 13.1. The van der Waals surface area contributed by atoms with Crippen LogP contribution in [0.5, 0.6) is 0 Å². The van der Waals surface area contributed by atoms with Gasteiger partial charge in [-0.05, 0) is 35.7 Å². The Labute approximate surface area is 190 Å². The van der Waals surface area contributed by atoms with Gasteiger partial charge in [0.25, 0.3) is 0 Å². The van der Waals surface area contributed by atoms with Crippen molar-refractivity contribution in [2.45, 2.75) is 23.9 Å². The summed E-state index contributed by atoms with van der Waals surface area (Å²) in [5.41, 5.74) is 11.8. The summed E-state index contributed by atoms with van der Waals surface area (Å²) in [6.45, 7) is 0.356. The zero-order valence-electron chi connectivity index (χ0n) is 16.6. The van der Waals surface area contributed by atoms with Crippen LogP contribution in [0.4, 0.5) is 22.0 Å². The number of carbonyl (C=O) groups is 1. The van der Waals surface area contributed by atoms with Gasteiger partial charge in [0.05, 0.1) is 10.6 Å². The Morgan fingerprint density at radius 3 is 2.69 bits per heavy atom. The number of primary amides is 1. The summed E-state index contributed by atoms with van der Waals surface area (Å²) in [5.74, 6) is 0.971. The van der Waals surface area contributed by atoms with Gasteiger partial charge in [0, 0.05) is 18.7 Å². The molecule has 0 saturated carbocycles. The van der Waals surface area contributed by atoms with Crippen LogP contribution in [0.15, 0.2) is 46.9 Å². The number of nitrogens with two attached hydrogens (primary N) is 2. The number of nitrogen functional groups attached to an aromatic ring is 1. The highest BCUT2D eigenvalue weighted by atomic mass is 32.2. The van der Waals surface area contributed by atoms with E-state index in [1.807, 2.05) is 22.1 Å². The second kappa shape index (κ2) is 9.70. The van der Waals surface area contributed by atoms with Crippen LogP contribution in [0.3, 0.4) is 0 Å². The van der Waals surface area contributed by atoms with Gasteiger partial charge in [-0.1, -0.05) is 17.8 Å². The Morgan fingerprint density at radius 1 is 1.16 bits per heavy atom. The molecule has 0 fully saturated rings. The van der Waals surface area contributed by atoms with Gasteiger partial charge in [-0.15, -0.1) is 21.5 Å². The number of thiophene rings is 1. The molecule has 3 aromatic heterocycles. The molecular weight excluding hydrogens is 453 g/mol. The molecule has 10 nitrogen and oxygen atoms in total.